The number of carbonyl (C=O) groups excluding carboxylic acids is 1. The molecular formula is C14H10F4N2O. The zero-order valence-electron chi connectivity index (χ0n) is 10.8. The van der Waals surface area contributed by atoms with Gasteiger partial charge in [0.15, 0.2) is 0 Å². The van der Waals surface area contributed by atoms with E-state index in [0.717, 1.165) is 0 Å². The number of nitrogens with two attached hydrogens (primary N) is 1. The molecule has 1 aromatic heterocycles. The van der Waals surface area contributed by atoms with E-state index >= 15 is 0 Å². The molecule has 0 aliphatic rings. The zero-order chi connectivity index (χ0) is 15.8. The third-order valence-electron chi connectivity index (χ3n) is 2.88. The molecule has 0 aliphatic heterocycles. The van der Waals surface area contributed by atoms with Gasteiger partial charge in [0.1, 0.15) is 11.5 Å². The lowest BCUT2D eigenvalue weighted by Crippen LogP contribution is -2.13. The number of hydrogen-bond donors (Lipinski definition) is 1. The number of halogens is 4. The highest BCUT2D eigenvalue weighted by molar-refractivity contribution is 6.00. The molecule has 0 radical (unpaired) electrons. The molecular weight excluding hydrogens is 288 g/mol. The van der Waals surface area contributed by atoms with Gasteiger partial charge in [-0.05, 0) is 24.6 Å². The number of hydrogen-bond acceptors (Lipinski definition) is 2. The van der Waals surface area contributed by atoms with Gasteiger partial charge in [-0.1, -0.05) is 17.7 Å². The Morgan fingerprint density at radius 1 is 1.19 bits per heavy atom. The number of aromatic nitrogens is 1. The van der Waals surface area contributed by atoms with Crippen LogP contribution in [-0.4, -0.2) is 10.9 Å². The minimum Gasteiger partial charge on any atom is -0.366 e. The fourth-order valence-corrected chi connectivity index (χ4v) is 1.90. The monoisotopic (exact) mass is 298 g/mol. The molecule has 2 N–H and O–H groups in total. The number of aryl methyl sites for hydroxylation is 1. The molecule has 0 saturated heterocycles. The van der Waals surface area contributed by atoms with Gasteiger partial charge in [0, 0.05) is 11.1 Å². The van der Waals surface area contributed by atoms with E-state index in [4.69, 9.17) is 5.73 Å². The molecule has 2 aromatic rings. The summed E-state index contributed by atoms with van der Waals surface area (Å²) in [4.78, 5) is 14.4. The van der Waals surface area contributed by atoms with Gasteiger partial charge in [-0.2, -0.15) is 13.2 Å². The van der Waals surface area contributed by atoms with E-state index in [1.807, 2.05) is 0 Å². The Labute approximate surface area is 117 Å². The Bertz CT molecular complexity index is 711. The number of rotatable bonds is 2. The lowest BCUT2D eigenvalue weighted by molar-refractivity contribution is -0.141. The molecule has 1 amide bonds. The van der Waals surface area contributed by atoms with Gasteiger partial charge in [-0.25, -0.2) is 9.37 Å². The first kappa shape index (κ1) is 15.0. The van der Waals surface area contributed by atoms with Crippen LogP contribution in [0.25, 0.3) is 11.1 Å². The molecule has 0 fully saturated rings. The first-order chi connectivity index (χ1) is 9.70. The average molecular weight is 298 g/mol. The van der Waals surface area contributed by atoms with Crippen molar-refractivity contribution < 1.29 is 22.4 Å². The number of nitrogens with zero attached hydrogens (tertiary/aromatic N) is 1. The first-order valence-corrected chi connectivity index (χ1v) is 5.83. The summed E-state index contributed by atoms with van der Waals surface area (Å²) in [5.74, 6) is -1.81. The van der Waals surface area contributed by atoms with Crippen LogP contribution in [0.5, 0.6) is 0 Å². The summed E-state index contributed by atoms with van der Waals surface area (Å²) < 4.78 is 51.9. The van der Waals surface area contributed by atoms with Crippen molar-refractivity contribution >= 4 is 5.91 Å². The van der Waals surface area contributed by atoms with Crippen LogP contribution in [0.4, 0.5) is 17.6 Å². The number of carbonyl (C=O) groups is 1. The van der Waals surface area contributed by atoms with E-state index in [1.165, 1.54) is 12.1 Å². The van der Waals surface area contributed by atoms with Crippen molar-refractivity contribution in [3.63, 3.8) is 0 Å². The predicted molar refractivity (Wildman–Crippen MR) is 67.9 cm³/mol. The van der Waals surface area contributed by atoms with E-state index in [2.05, 4.69) is 4.98 Å². The second-order valence-electron chi connectivity index (χ2n) is 4.46. The topological polar surface area (TPSA) is 56.0 Å². The minimum absolute atomic E-state index is 0.00731. The Morgan fingerprint density at radius 2 is 1.86 bits per heavy atom. The van der Waals surface area contributed by atoms with Gasteiger partial charge in [0.25, 0.3) is 0 Å². The summed E-state index contributed by atoms with van der Waals surface area (Å²) in [6, 6.07) is 4.88. The minimum atomic E-state index is -4.71. The third-order valence-corrected chi connectivity index (χ3v) is 2.88. The van der Waals surface area contributed by atoms with E-state index in [1.54, 1.807) is 13.0 Å². The maximum atomic E-state index is 13.8. The maximum absolute atomic E-state index is 13.8. The van der Waals surface area contributed by atoms with Crippen LogP contribution in [0.15, 0.2) is 30.5 Å². The lowest BCUT2D eigenvalue weighted by Gasteiger charge is -2.12. The van der Waals surface area contributed by atoms with Crippen molar-refractivity contribution in [3.8, 4) is 11.1 Å². The molecule has 1 aromatic carbocycles. The van der Waals surface area contributed by atoms with E-state index < -0.39 is 23.6 Å². The number of pyridine rings is 1. The maximum Gasteiger partial charge on any atom is 0.433 e. The summed E-state index contributed by atoms with van der Waals surface area (Å²) in [6.45, 7) is 1.66. The third kappa shape index (κ3) is 3.01. The molecule has 110 valence electrons. The standard InChI is InChI=1S/C14H10F4N2O/c1-7-2-3-8(13(19)21)9(4-7)10-5-12(14(16,17)18)20-6-11(10)15/h2-6H,1H3,(H2,19,21). The van der Waals surface area contributed by atoms with Crippen molar-refractivity contribution in [2.75, 3.05) is 0 Å². The lowest BCUT2D eigenvalue weighted by atomic mass is 9.97. The second-order valence-corrected chi connectivity index (χ2v) is 4.46. The van der Waals surface area contributed by atoms with Crippen molar-refractivity contribution in [1.82, 2.24) is 4.98 Å². The molecule has 0 saturated carbocycles. The molecule has 3 nitrogen and oxygen atoms in total. The van der Waals surface area contributed by atoms with Crippen molar-refractivity contribution in [1.29, 1.82) is 0 Å². The van der Waals surface area contributed by atoms with Crippen LogP contribution in [0.3, 0.4) is 0 Å². The van der Waals surface area contributed by atoms with E-state index in [9.17, 15) is 22.4 Å². The van der Waals surface area contributed by atoms with Gasteiger partial charge < -0.3 is 5.73 Å². The van der Waals surface area contributed by atoms with E-state index in [0.29, 0.717) is 17.8 Å². The Morgan fingerprint density at radius 3 is 2.43 bits per heavy atom. The van der Waals surface area contributed by atoms with Gasteiger partial charge in [0.05, 0.1) is 6.20 Å². The molecule has 21 heavy (non-hydrogen) atoms. The first-order valence-electron chi connectivity index (χ1n) is 5.83. The molecule has 1 heterocycles. The Balaban J connectivity index is 2.72. The second kappa shape index (κ2) is 5.16. The molecule has 0 unspecified atom stereocenters. The van der Waals surface area contributed by atoms with Crippen LogP contribution >= 0.6 is 0 Å². The van der Waals surface area contributed by atoms with Gasteiger partial charge >= 0.3 is 6.18 Å². The summed E-state index contributed by atoms with van der Waals surface area (Å²) in [6.07, 6.45) is -4.23. The van der Waals surface area contributed by atoms with Crippen molar-refractivity contribution in [3.05, 3.63) is 53.1 Å². The van der Waals surface area contributed by atoms with Gasteiger partial charge in [0.2, 0.25) is 5.91 Å². The fraction of sp³-hybridized carbons (Fsp3) is 0.143. The van der Waals surface area contributed by atoms with Gasteiger partial charge in [-0.15, -0.1) is 0 Å². The molecule has 7 heteroatoms. The Hall–Kier alpha value is -2.44. The molecule has 0 bridgehead atoms. The highest BCUT2D eigenvalue weighted by atomic mass is 19.4. The van der Waals surface area contributed by atoms with Crippen molar-refractivity contribution in [2.24, 2.45) is 5.73 Å². The molecule has 0 spiro atoms. The fourth-order valence-electron chi connectivity index (χ4n) is 1.90. The highest BCUT2D eigenvalue weighted by Gasteiger charge is 2.33. The normalized spacial score (nSPS) is 11.5. The summed E-state index contributed by atoms with van der Waals surface area (Å²) >= 11 is 0. The predicted octanol–water partition coefficient (Wildman–Crippen LogP) is 3.31. The summed E-state index contributed by atoms with van der Waals surface area (Å²) in [7, 11) is 0. The average Bonchev–Trinajstić information content (AvgIpc) is 2.37. The molecule has 0 atom stereocenters. The van der Waals surface area contributed by atoms with Crippen LogP contribution in [0.2, 0.25) is 0 Å². The van der Waals surface area contributed by atoms with Gasteiger partial charge in [-0.3, -0.25) is 4.79 Å². The highest BCUT2D eigenvalue weighted by Crippen LogP contribution is 2.33. The number of amides is 1. The van der Waals surface area contributed by atoms with Crippen LogP contribution < -0.4 is 5.73 Å². The van der Waals surface area contributed by atoms with E-state index in [-0.39, 0.29) is 16.7 Å². The van der Waals surface area contributed by atoms with Crippen LogP contribution in [0.1, 0.15) is 21.6 Å². The number of alkyl halides is 3. The summed E-state index contributed by atoms with van der Waals surface area (Å²) in [5.41, 5.74) is 4.17. The zero-order valence-corrected chi connectivity index (χ0v) is 10.8. The SMILES string of the molecule is Cc1ccc(C(N)=O)c(-c2cc(C(F)(F)F)ncc2F)c1. The quantitative estimate of drug-likeness (QED) is 0.865. The smallest absolute Gasteiger partial charge is 0.366 e. The molecule has 0 aliphatic carbocycles. The number of benzene rings is 1. The largest absolute Gasteiger partial charge is 0.433 e. The van der Waals surface area contributed by atoms with Crippen molar-refractivity contribution in [2.45, 2.75) is 13.1 Å². The van der Waals surface area contributed by atoms with Crippen LogP contribution in [0, 0.1) is 12.7 Å². The number of primary amides is 1. The molecule has 2 rings (SSSR count). The van der Waals surface area contributed by atoms with Crippen LogP contribution in [-0.2, 0) is 6.18 Å². The summed E-state index contributed by atoms with van der Waals surface area (Å²) in [5, 5.41) is 0. The Kier molecular flexibility index (Phi) is 3.67.